The van der Waals surface area contributed by atoms with Gasteiger partial charge in [-0.15, -0.1) is 11.3 Å². The number of esters is 1. The van der Waals surface area contributed by atoms with E-state index in [1.165, 1.54) is 19.3 Å². The molecule has 4 aliphatic carbocycles. The molecule has 0 N–H and O–H groups in total. The molecule has 5 nitrogen and oxygen atoms in total. The summed E-state index contributed by atoms with van der Waals surface area (Å²) in [6.45, 7) is 0.884. The van der Waals surface area contributed by atoms with Crippen LogP contribution in [0.15, 0.2) is 24.3 Å². The van der Waals surface area contributed by atoms with Crippen LogP contribution in [0, 0.1) is 23.2 Å². The largest absolute Gasteiger partial charge is 0.457 e. The second-order valence-corrected chi connectivity index (χ2v) is 11.2. The molecule has 1 aromatic heterocycles. The predicted octanol–water partition coefficient (Wildman–Crippen LogP) is 4.55. The molecule has 7 rings (SSSR count). The molecule has 30 heavy (non-hydrogen) atoms. The average molecular weight is 425 g/mol. The lowest BCUT2D eigenvalue weighted by molar-refractivity contribution is -0.166. The summed E-state index contributed by atoms with van der Waals surface area (Å²) in [7, 11) is 0. The molecule has 0 radical (unpaired) electrons. The van der Waals surface area contributed by atoms with Crippen molar-refractivity contribution in [1.29, 1.82) is 0 Å². The second kappa shape index (κ2) is 7.04. The van der Waals surface area contributed by atoms with Crippen molar-refractivity contribution in [1.82, 2.24) is 9.88 Å². The zero-order chi connectivity index (χ0) is 20.3. The van der Waals surface area contributed by atoms with E-state index >= 15 is 0 Å². The number of para-hydroxylation sites is 1. The van der Waals surface area contributed by atoms with Gasteiger partial charge < -0.3 is 9.64 Å². The number of carbonyl (C=O) groups is 2. The Morgan fingerprint density at radius 2 is 1.80 bits per heavy atom. The molecular weight excluding hydrogens is 396 g/mol. The summed E-state index contributed by atoms with van der Waals surface area (Å²) in [6, 6.07) is 7.54. The monoisotopic (exact) mass is 424 g/mol. The highest BCUT2D eigenvalue weighted by atomic mass is 32.1. The SMILES string of the molecule is O=C(OCc1nc2ccccc2s1)[C@@H]1CCCN1C(=O)C12CC3CC(CC(C3)C1)C2. The zero-order valence-corrected chi connectivity index (χ0v) is 18.0. The quantitative estimate of drug-likeness (QED) is 0.676. The van der Waals surface area contributed by atoms with E-state index < -0.39 is 6.04 Å². The fourth-order valence-electron chi connectivity index (χ4n) is 7.14. The number of likely N-dealkylation sites (tertiary alicyclic amines) is 1. The molecule has 158 valence electrons. The van der Waals surface area contributed by atoms with Gasteiger partial charge in [0.15, 0.2) is 0 Å². The number of ether oxygens (including phenoxy) is 1. The number of amides is 1. The molecule has 4 saturated carbocycles. The summed E-state index contributed by atoms with van der Waals surface area (Å²) >= 11 is 1.56. The molecule has 6 heteroatoms. The fourth-order valence-corrected chi connectivity index (χ4v) is 8.02. The van der Waals surface area contributed by atoms with Gasteiger partial charge in [0.05, 0.1) is 15.6 Å². The van der Waals surface area contributed by atoms with Crippen LogP contribution in [0.4, 0.5) is 0 Å². The van der Waals surface area contributed by atoms with Crippen LogP contribution < -0.4 is 0 Å². The molecular formula is C24H28N2O3S. The number of fused-ring (bicyclic) bond motifs is 1. The summed E-state index contributed by atoms with van der Waals surface area (Å²) in [5.74, 6) is 2.18. The lowest BCUT2D eigenvalue weighted by atomic mass is 9.49. The van der Waals surface area contributed by atoms with E-state index in [4.69, 9.17) is 4.74 Å². The Labute approximate surface area is 180 Å². The Balaban J connectivity index is 1.15. The molecule has 1 aromatic carbocycles. The van der Waals surface area contributed by atoms with Crippen LogP contribution in [0.1, 0.15) is 56.4 Å². The molecule has 2 aromatic rings. The minimum absolute atomic E-state index is 0.189. The van der Waals surface area contributed by atoms with Crippen LogP contribution in [0.25, 0.3) is 10.2 Å². The van der Waals surface area contributed by atoms with E-state index in [9.17, 15) is 9.59 Å². The van der Waals surface area contributed by atoms with E-state index in [0.29, 0.717) is 6.54 Å². The highest BCUT2D eigenvalue weighted by Crippen LogP contribution is 2.60. The van der Waals surface area contributed by atoms with Crippen molar-refractivity contribution in [2.24, 2.45) is 23.2 Å². The summed E-state index contributed by atoms with van der Waals surface area (Å²) in [6.07, 6.45) is 8.70. The Hall–Kier alpha value is -1.95. The van der Waals surface area contributed by atoms with E-state index in [2.05, 4.69) is 4.98 Å². The first-order valence-electron chi connectivity index (χ1n) is 11.4. The number of hydrogen-bond acceptors (Lipinski definition) is 5. The summed E-state index contributed by atoms with van der Waals surface area (Å²) in [5, 5.41) is 0.807. The molecule has 2 heterocycles. The highest BCUT2D eigenvalue weighted by Gasteiger charge is 2.56. The zero-order valence-electron chi connectivity index (χ0n) is 17.2. The Morgan fingerprint density at radius 1 is 1.10 bits per heavy atom. The summed E-state index contributed by atoms with van der Waals surface area (Å²) in [5.41, 5.74) is 0.748. The molecule has 1 aliphatic heterocycles. The third-order valence-corrected chi connectivity index (χ3v) is 8.96. The first kappa shape index (κ1) is 18.8. The molecule has 1 saturated heterocycles. The average Bonchev–Trinajstić information content (AvgIpc) is 3.37. The van der Waals surface area contributed by atoms with Crippen molar-refractivity contribution >= 4 is 33.4 Å². The minimum Gasteiger partial charge on any atom is -0.457 e. The van der Waals surface area contributed by atoms with Crippen molar-refractivity contribution in [3.05, 3.63) is 29.3 Å². The fraction of sp³-hybridized carbons (Fsp3) is 0.625. The van der Waals surface area contributed by atoms with Gasteiger partial charge in [0.1, 0.15) is 17.7 Å². The maximum absolute atomic E-state index is 13.7. The second-order valence-electron chi connectivity index (χ2n) is 10.0. The maximum atomic E-state index is 13.7. The predicted molar refractivity (Wildman–Crippen MR) is 115 cm³/mol. The molecule has 1 atom stereocenters. The maximum Gasteiger partial charge on any atom is 0.329 e. The van der Waals surface area contributed by atoms with E-state index in [1.807, 2.05) is 29.2 Å². The Morgan fingerprint density at radius 3 is 2.50 bits per heavy atom. The van der Waals surface area contributed by atoms with Gasteiger partial charge in [-0.1, -0.05) is 12.1 Å². The Bertz CT molecular complexity index is 931. The molecule has 0 spiro atoms. The smallest absolute Gasteiger partial charge is 0.329 e. The van der Waals surface area contributed by atoms with Gasteiger partial charge in [-0.3, -0.25) is 4.79 Å². The minimum atomic E-state index is -0.417. The molecule has 0 unspecified atom stereocenters. The number of thiazole rings is 1. The highest BCUT2D eigenvalue weighted by molar-refractivity contribution is 7.18. The molecule has 4 bridgehead atoms. The van der Waals surface area contributed by atoms with Gasteiger partial charge in [-0.05, 0) is 81.3 Å². The van der Waals surface area contributed by atoms with Gasteiger partial charge in [0, 0.05) is 6.54 Å². The van der Waals surface area contributed by atoms with Crippen LogP contribution in [-0.2, 0) is 20.9 Å². The third-order valence-electron chi connectivity index (χ3n) is 7.95. The number of nitrogens with zero attached hydrogens (tertiary/aromatic N) is 2. The van der Waals surface area contributed by atoms with Gasteiger partial charge in [0.2, 0.25) is 5.91 Å². The first-order valence-corrected chi connectivity index (χ1v) is 12.2. The van der Waals surface area contributed by atoms with E-state index in [-0.39, 0.29) is 23.9 Å². The van der Waals surface area contributed by atoms with Gasteiger partial charge >= 0.3 is 5.97 Å². The lowest BCUT2D eigenvalue weighted by Crippen LogP contribution is -2.56. The lowest BCUT2D eigenvalue weighted by Gasteiger charge is -2.56. The van der Waals surface area contributed by atoms with E-state index in [0.717, 1.165) is 65.1 Å². The van der Waals surface area contributed by atoms with Crippen molar-refractivity contribution < 1.29 is 14.3 Å². The normalized spacial score (nSPS) is 34.6. The summed E-state index contributed by atoms with van der Waals surface area (Å²) < 4.78 is 6.76. The number of benzene rings is 1. The third kappa shape index (κ3) is 3.06. The van der Waals surface area contributed by atoms with Gasteiger partial charge in [-0.25, -0.2) is 9.78 Å². The van der Waals surface area contributed by atoms with Crippen molar-refractivity contribution in [3.8, 4) is 0 Å². The van der Waals surface area contributed by atoms with Crippen LogP contribution in [0.2, 0.25) is 0 Å². The van der Waals surface area contributed by atoms with Crippen LogP contribution in [-0.4, -0.2) is 34.3 Å². The number of carbonyl (C=O) groups excluding carboxylic acids is 2. The van der Waals surface area contributed by atoms with Crippen LogP contribution >= 0.6 is 11.3 Å². The Kier molecular flexibility index (Phi) is 4.41. The van der Waals surface area contributed by atoms with Gasteiger partial charge in [-0.2, -0.15) is 0 Å². The van der Waals surface area contributed by atoms with Crippen molar-refractivity contribution in [2.75, 3.05) is 6.54 Å². The van der Waals surface area contributed by atoms with Gasteiger partial charge in [0.25, 0.3) is 0 Å². The van der Waals surface area contributed by atoms with E-state index in [1.54, 1.807) is 11.3 Å². The topological polar surface area (TPSA) is 59.5 Å². The first-order chi connectivity index (χ1) is 14.6. The number of hydrogen-bond donors (Lipinski definition) is 0. The van der Waals surface area contributed by atoms with Crippen LogP contribution in [0.5, 0.6) is 0 Å². The van der Waals surface area contributed by atoms with Crippen molar-refractivity contribution in [3.63, 3.8) is 0 Å². The van der Waals surface area contributed by atoms with Crippen LogP contribution in [0.3, 0.4) is 0 Å². The molecule has 1 amide bonds. The van der Waals surface area contributed by atoms with Crippen molar-refractivity contribution in [2.45, 2.75) is 64.0 Å². The number of rotatable bonds is 4. The standard InChI is InChI=1S/C24H28N2O3S/c27-22(29-14-21-25-18-4-1-2-6-20(18)30-21)19-5-3-7-26(19)23(28)24-11-15-8-16(12-24)10-17(9-15)13-24/h1-2,4,6,15-17,19H,3,5,7-14H2/t15?,16?,17?,19-,24?/m0/s1. The molecule has 5 fully saturated rings. The number of aromatic nitrogens is 1. The summed E-state index contributed by atoms with van der Waals surface area (Å²) in [4.78, 5) is 33.1. The molecule has 5 aliphatic rings.